The van der Waals surface area contributed by atoms with Crippen LogP contribution in [0.1, 0.15) is 11.5 Å². The van der Waals surface area contributed by atoms with Gasteiger partial charge in [-0.1, -0.05) is 5.16 Å². The van der Waals surface area contributed by atoms with E-state index in [1.165, 1.54) is 6.07 Å². The third kappa shape index (κ3) is 2.27. The molecule has 0 bridgehead atoms. The quantitative estimate of drug-likeness (QED) is 0.750. The van der Waals surface area contributed by atoms with E-state index in [0.29, 0.717) is 5.69 Å². The molecule has 1 heterocycles. The normalized spacial score (nSPS) is 12.0. The Bertz CT molecular complexity index is 260. The lowest BCUT2D eigenvalue weighted by Gasteiger charge is -2.10. The number of aryl methyl sites for hydroxylation is 1. The SMILES string of the molecule is Cc1cc(CC(F)(F)CN)on1. The minimum absolute atomic E-state index is 0.169. The summed E-state index contributed by atoms with van der Waals surface area (Å²) in [5, 5.41) is 3.49. The molecule has 0 aliphatic carbocycles. The van der Waals surface area contributed by atoms with Gasteiger partial charge in [-0.3, -0.25) is 0 Å². The molecule has 0 aliphatic rings. The lowest BCUT2D eigenvalue weighted by Crippen LogP contribution is -2.29. The number of hydrogen-bond acceptors (Lipinski definition) is 3. The molecule has 3 nitrogen and oxygen atoms in total. The lowest BCUT2D eigenvalue weighted by molar-refractivity contribution is 0.00544. The van der Waals surface area contributed by atoms with Crippen LogP contribution in [0, 0.1) is 6.92 Å². The summed E-state index contributed by atoms with van der Waals surface area (Å²) in [6, 6.07) is 1.48. The molecular formula is C7H10F2N2O. The van der Waals surface area contributed by atoms with Gasteiger partial charge in [-0.25, -0.2) is 8.78 Å². The number of alkyl halides is 2. The number of aromatic nitrogens is 1. The summed E-state index contributed by atoms with van der Waals surface area (Å²) in [5.41, 5.74) is 5.44. The predicted octanol–water partition coefficient (Wildman–Crippen LogP) is 1.12. The standard InChI is InChI=1S/C7H10F2N2O/c1-5-2-6(12-11-5)3-7(8,9)4-10/h2H,3-4,10H2,1H3. The highest BCUT2D eigenvalue weighted by atomic mass is 19.3. The van der Waals surface area contributed by atoms with Crippen LogP contribution in [0.15, 0.2) is 10.6 Å². The highest BCUT2D eigenvalue weighted by molar-refractivity contribution is 5.05. The lowest BCUT2D eigenvalue weighted by atomic mass is 10.2. The van der Waals surface area contributed by atoms with Crippen molar-refractivity contribution in [3.8, 4) is 0 Å². The Kier molecular flexibility index (Phi) is 2.42. The first kappa shape index (κ1) is 9.12. The van der Waals surface area contributed by atoms with E-state index in [4.69, 9.17) is 5.73 Å². The molecule has 1 aromatic heterocycles. The smallest absolute Gasteiger partial charge is 0.267 e. The highest BCUT2D eigenvalue weighted by Gasteiger charge is 2.28. The van der Waals surface area contributed by atoms with E-state index in [0.717, 1.165) is 0 Å². The molecule has 0 unspecified atom stereocenters. The van der Waals surface area contributed by atoms with Gasteiger partial charge in [-0.15, -0.1) is 0 Å². The second-order valence-corrected chi connectivity index (χ2v) is 2.67. The molecule has 1 rings (SSSR count). The second kappa shape index (κ2) is 3.18. The third-order valence-electron chi connectivity index (χ3n) is 1.41. The first-order valence-corrected chi connectivity index (χ1v) is 3.53. The monoisotopic (exact) mass is 176 g/mol. The molecule has 0 fully saturated rings. The molecule has 12 heavy (non-hydrogen) atoms. The Morgan fingerprint density at radius 3 is 2.75 bits per heavy atom. The minimum atomic E-state index is -2.90. The van der Waals surface area contributed by atoms with Gasteiger partial charge in [0.2, 0.25) is 0 Å². The maximum atomic E-state index is 12.6. The molecule has 0 atom stereocenters. The number of nitrogens with two attached hydrogens (primary N) is 1. The minimum Gasteiger partial charge on any atom is -0.361 e. The highest BCUT2D eigenvalue weighted by Crippen LogP contribution is 2.18. The van der Waals surface area contributed by atoms with Crippen molar-refractivity contribution in [3.63, 3.8) is 0 Å². The van der Waals surface area contributed by atoms with Gasteiger partial charge in [-0.2, -0.15) is 0 Å². The zero-order valence-electron chi connectivity index (χ0n) is 6.68. The summed E-state index contributed by atoms with van der Waals surface area (Å²) in [6.45, 7) is 1.00. The largest absolute Gasteiger partial charge is 0.361 e. The van der Waals surface area contributed by atoms with E-state index >= 15 is 0 Å². The van der Waals surface area contributed by atoms with Gasteiger partial charge >= 0.3 is 0 Å². The van der Waals surface area contributed by atoms with Crippen LogP contribution in [0.3, 0.4) is 0 Å². The van der Waals surface area contributed by atoms with Gasteiger partial charge in [0, 0.05) is 6.07 Å². The first-order chi connectivity index (χ1) is 5.53. The Morgan fingerprint density at radius 1 is 1.67 bits per heavy atom. The summed E-state index contributed by atoms with van der Waals surface area (Å²) in [5.74, 6) is -2.73. The third-order valence-corrected chi connectivity index (χ3v) is 1.41. The molecule has 0 saturated heterocycles. The number of nitrogens with zero attached hydrogens (tertiary/aromatic N) is 1. The molecular weight excluding hydrogens is 166 g/mol. The van der Waals surface area contributed by atoms with Crippen molar-refractivity contribution in [2.24, 2.45) is 5.73 Å². The molecule has 2 N–H and O–H groups in total. The van der Waals surface area contributed by atoms with Crippen LogP contribution < -0.4 is 5.73 Å². The molecule has 1 aromatic rings. The zero-order valence-corrected chi connectivity index (χ0v) is 6.68. The summed E-state index contributed by atoms with van der Waals surface area (Å²) < 4.78 is 29.9. The Morgan fingerprint density at radius 2 is 2.33 bits per heavy atom. The van der Waals surface area contributed by atoms with Crippen LogP contribution in [0.2, 0.25) is 0 Å². The van der Waals surface area contributed by atoms with Gasteiger partial charge in [0.15, 0.2) is 0 Å². The van der Waals surface area contributed by atoms with Crippen LogP contribution >= 0.6 is 0 Å². The topological polar surface area (TPSA) is 52.0 Å². The molecule has 5 heteroatoms. The molecule has 68 valence electrons. The molecule has 0 saturated carbocycles. The average Bonchev–Trinajstić information content (AvgIpc) is 2.35. The maximum Gasteiger partial charge on any atom is 0.267 e. The Hall–Kier alpha value is -0.970. The van der Waals surface area contributed by atoms with Crippen molar-refractivity contribution in [2.75, 3.05) is 6.54 Å². The number of rotatable bonds is 3. The summed E-state index contributed by atoms with van der Waals surface area (Å²) in [7, 11) is 0. The summed E-state index contributed by atoms with van der Waals surface area (Å²) >= 11 is 0. The maximum absolute atomic E-state index is 12.6. The van der Waals surface area contributed by atoms with Crippen molar-refractivity contribution in [1.82, 2.24) is 5.16 Å². The molecule has 0 aliphatic heterocycles. The summed E-state index contributed by atoms with van der Waals surface area (Å²) in [4.78, 5) is 0. The van der Waals surface area contributed by atoms with E-state index in [2.05, 4.69) is 9.68 Å². The summed E-state index contributed by atoms with van der Waals surface area (Å²) in [6.07, 6.45) is -0.482. The van der Waals surface area contributed by atoms with Crippen LogP contribution in [0.5, 0.6) is 0 Å². The van der Waals surface area contributed by atoms with E-state index < -0.39 is 18.9 Å². The van der Waals surface area contributed by atoms with E-state index in [-0.39, 0.29) is 5.76 Å². The Labute approximate surface area is 68.5 Å². The first-order valence-electron chi connectivity index (χ1n) is 3.53. The molecule has 0 aromatic carbocycles. The average molecular weight is 176 g/mol. The Balaban J connectivity index is 2.63. The van der Waals surface area contributed by atoms with Crippen molar-refractivity contribution in [3.05, 3.63) is 17.5 Å². The fourth-order valence-corrected chi connectivity index (χ4v) is 0.827. The van der Waals surface area contributed by atoms with E-state index in [9.17, 15) is 8.78 Å². The fourth-order valence-electron chi connectivity index (χ4n) is 0.827. The van der Waals surface area contributed by atoms with Gasteiger partial charge in [0.05, 0.1) is 18.7 Å². The van der Waals surface area contributed by atoms with Gasteiger partial charge in [0.25, 0.3) is 5.92 Å². The molecule has 0 amide bonds. The van der Waals surface area contributed by atoms with E-state index in [1.54, 1.807) is 6.92 Å². The fraction of sp³-hybridized carbons (Fsp3) is 0.571. The van der Waals surface area contributed by atoms with E-state index in [1.807, 2.05) is 0 Å². The second-order valence-electron chi connectivity index (χ2n) is 2.67. The van der Waals surface area contributed by atoms with Gasteiger partial charge < -0.3 is 10.3 Å². The van der Waals surface area contributed by atoms with Crippen molar-refractivity contribution in [1.29, 1.82) is 0 Å². The molecule has 0 radical (unpaired) electrons. The van der Waals surface area contributed by atoms with Crippen LogP contribution in [-0.2, 0) is 6.42 Å². The zero-order chi connectivity index (χ0) is 9.19. The number of hydrogen-bond donors (Lipinski definition) is 1. The van der Waals surface area contributed by atoms with Crippen molar-refractivity contribution < 1.29 is 13.3 Å². The van der Waals surface area contributed by atoms with Crippen LogP contribution in [0.4, 0.5) is 8.78 Å². The van der Waals surface area contributed by atoms with Gasteiger partial charge in [-0.05, 0) is 6.92 Å². The van der Waals surface area contributed by atoms with Crippen molar-refractivity contribution in [2.45, 2.75) is 19.3 Å². The molecule has 0 spiro atoms. The van der Waals surface area contributed by atoms with Crippen molar-refractivity contribution >= 4 is 0 Å². The number of halogens is 2. The van der Waals surface area contributed by atoms with Crippen LogP contribution in [0.25, 0.3) is 0 Å². The predicted molar refractivity (Wildman–Crippen MR) is 38.9 cm³/mol. The van der Waals surface area contributed by atoms with Crippen LogP contribution in [-0.4, -0.2) is 17.6 Å². The van der Waals surface area contributed by atoms with Gasteiger partial charge in [0.1, 0.15) is 5.76 Å².